The van der Waals surface area contributed by atoms with Crippen LogP contribution in [0.4, 0.5) is 5.82 Å². The molecule has 0 aliphatic carbocycles. The molecule has 2 nitrogen and oxygen atoms in total. The standard InChI is InChI=1S/C11H18N2.C2H6/c1-3-4-5-8-12-11-7-6-10(2)9-13-11;1-2/h6-7,9H,3-5,8H2,1-2H3,(H,12,13);1-2H3. The summed E-state index contributed by atoms with van der Waals surface area (Å²) in [5.41, 5.74) is 1.21. The van der Waals surface area contributed by atoms with Crippen LogP contribution < -0.4 is 5.32 Å². The maximum absolute atomic E-state index is 4.26. The van der Waals surface area contributed by atoms with Crippen LogP contribution in [0, 0.1) is 6.92 Å². The van der Waals surface area contributed by atoms with E-state index in [1.165, 1.54) is 24.8 Å². The molecule has 0 spiro atoms. The molecule has 0 saturated heterocycles. The van der Waals surface area contributed by atoms with Gasteiger partial charge in [0.25, 0.3) is 0 Å². The summed E-state index contributed by atoms with van der Waals surface area (Å²) in [4.78, 5) is 4.26. The zero-order valence-corrected chi connectivity index (χ0v) is 10.5. The predicted molar refractivity (Wildman–Crippen MR) is 68.3 cm³/mol. The minimum Gasteiger partial charge on any atom is -0.370 e. The molecule has 0 saturated carbocycles. The van der Waals surface area contributed by atoms with E-state index in [4.69, 9.17) is 0 Å². The Bertz CT molecular complexity index is 229. The van der Waals surface area contributed by atoms with E-state index in [-0.39, 0.29) is 0 Å². The lowest BCUT2D eigenvalue weighted by atomic mass is 10.2. The molecule has 1 rings (SSSR count). The van der Waals surface area contributed by atoms with Gasteiger partial charge in [-0.05, 0) is 25.0 Å². The van der Waals surface area contributed by atoms with Crippen molar-refractivity contribution in [1.29, 1.82) is 0 Å². The van der Waals surface area contributed by atoms with Gasteiger partial charge in [0.2, 0.25) is 0 Å². The molecule has 0 radical (unpaired) electrons. The SMILES string of the molecule is CC.CCCCCNc1ccc(C)cn1. The normalized spacial score (nSPS) is 9.07. The van der Waals surface area contributed by atoms with Gasteiger partial charge >= 0.3 is 0 Å². The second-order valence-electron chi connectivity index (χ2n) is 3.35. The zero-order chi connectivity index (χ0) is 11.5. The molecule has 0 atom stereocenters. The van der Waals surface area contributed by atoms with Crippen LogP contribution in [0.15, 0.2) is 18.3 Å². The van der Waals surface area contributed by atoms with Gasteiger partial charge in [0.1, 0.15) is 5.82 Å². The lowest BCUT2D eigenvalue weighted by Gasteiger charge is -2.04. The second kappa shape index (κ2) is 9.50. The van der Waals surface area contributed by atoms with Gasteiger partial charge < -0.3 is 5.32 Å². The Labute approximate surface area is 94.1 Å². The van der Waals surface area contributed by atoms with Crippen LogP contribution in [0.2, 0.25) is 0 Å². The number of rotatable bonds is 5. The molecular formula is C13H24N2. The van der Waals surface area contributed by atoms with E-state index in [0.29, 0.717) is 0 Å². The third-order valence-electron chi connectivity index (χ3n) is 2.00. The molecule has 0 amide bonds. The van der Waals surface area contributed by atoms with Crippen LogP contribution in [0.5, 0.6) is 0 Å². The molecule has 1 aromatic rings. The number of nitrogens with zero attached hydrogens (tertiary/aromatic N) is 1. The lowest BCUT2D eigenvalue weighted by Crippen LogP contribution is -2.02. The van der Waals surface area contributed by atoms with Crippen LogP contribution in [-0.2, 0) is 0 Å². The van der Waals surface area contributed by atoms with E-state index >= 15 is 0 Å². The summed E-state index contributed by atoms with van der Waals surface area (Å²) >= 11 is 0. The van der Waals surface area contributed by atoms with E-state index in [0.717, 1.165) is 12.4 Å². The zero-order valence-electron chi connectivity index (χ0n) is 10.5. The highest BCUT2D eigenvalue weighted by atomic mass is 15.0. The average Bonchev–Trinajstić information content (AvgIpc) is 2.30. The summed E-state index contributed by atoms with van der Waals surface area (Å²) in [6, 6.07) is 4.11. The molecule has 0 aromatic carbocycles. The Kier molecular flexibility index (Phi) is 8.84. The van der Waals surface area contributed by atoms with Gasteiger partial charge in [0, 0.05) is 12.7 Å². The summed E-state index contributed by atoms with van der Waals surface area (Å²) in [6.45, 7) is 9.29. The predicted octanol–water partition coefficient (Wildman–Crippen LogP) is 4.02. The first-order valence-corrected chi connectivity index (χ1v) is 5.99. The first-order chi connectivity index (χ1) is 7.33. The summed E-state index contributed by atoms with van der Waals surface area (Å²) in [7, 11) is 0. The van der Waals surface area contributed by atoms with Crippen LogP contribution in [0.1, 0.15) is 45.6 Å². The number of hydrogen-bond donors (Lipinski definition) is 1. The molecule has 1 N–H and O–H groups in total. The Morgan fingerprint density at radius 1 is 1.20 bits per heavy atom. The Morgan fingerprint density at radius 3 is 2.47 bits per heavy atom. The van der Waals surface area contributed by atoms with Crippen LogP contribution >= 0.6 is 0 Å². The highest BCUT2D eigenvalue weighted by Gasteiger charge is 1.91. The van der Waals surface area contributed by atoms with E-state index in [1.54, 1.807) is 0 Å². The first-order valence-electron chi connectivity index (χ1n) is 5.99. The Balaban J connectivity index is 0.000000921. The number of unbranched alkanes of at least 4 members (excludes halogenated alkanes) is 2. The number of aromatic nitrogens is 1. The average molecular weight is 208 g/mol. The van der Waals surface area contributed by atoms with E-state index in [9.17, 15) is 0 Å². The molecule has 2 heteroatoms. The second-order valence-corrected chi connectivity index (χ2v) is 3.35. The van der Waals surface area contributed by atoms with Gasteiger partial charge in [-0.3, -0.25) is 0 Å². The van der Waals surface area contributed by atoms with Gasteiger partial charge in [-0.1, -0.05) is 39.7 Å². The molecule has 0 fully saturated rings. The molecule has 0 aliphatic heterocycles. The fraction of sp³-hybridized carbons (Fsp3) is 0.615. The summed E-state index contributed by atoms with van der Waals surface area (Å²) in [5.74, 6) is 0.988. The number of anilines is 1. The van der Waals surface area contributed by atoms with Crippen molar-refractivity contribution < 1.29 is 0 Å². The largest absolute Gasteiger partial charge is 0.370 e. The van der Waals surface area contributed by atoms with Crippen molar-refractivity contribution in [2.24, 2.45) is 0 Å². The molecule has 1 aromatic heterocycles. The Morgan fingerprint density at radius 2 is 1.93 bits per heavy atom. The van der Waals surface area contributed by atoms with Crippen LogP contribution in [-0.4, -0.2) is 11.5 Å². The third-order valence-corrected chi connectivity index (χ3v) is 2.00. The molecule has 0 bridgehead atoms. The number of aryl methyl sites for hydroxylation is 1. The lowest BCUT2D eigenvalue weighted by molar-refractivity contribution is 0.742. The van der Waals surface area contributed by atoms with Crippen molar-refractivity contribution in [1.82, 2.24) is 4.98 Å². The van der Waals surface area contributed by atoms with Crippen molar-refractivity contribution in [3.63, 3.8) is 0 Å². The summed E-state index contributed by atoms with van der Waals surface area (Å²) in [6.07, 6.45) is 5.68. The third kappa shape index (κ3) is 6.95. The topological polar surface area (TPSA) is 24.9 Å². The smallest absolute Gasteiger partial charge is 0.125 e. The number of hydrogen-bond acceptors (Lipinski definition) is 2. The van der Waals surface area contributed by atoms with E-state index < -0.39 is 0 Å². The van der Waals surface area contributed by atoms with Gasteiger partial charge in [-0.25, -0.2) is 4.98 Å². The highest BCUT2D eigenvalue weighted by Crippen LogP contribution is 2.04. The number of nitrogens with one attached hydrogen (secondary N) is 1. The molecule has 15 heavy (non-hydrogen) atoms. The molecule has 0 unspecified atom stereocenters. The van der Waals surface area contributed by atoms with Crippen molar-refractivity contribution in [2.75, 3.05) is 11.9 Å². The minimum atomic E-state index is 0.988. The van der Waals surface area contributed by atoms with E-state index in [2.05, 4.69) is 23.3 Å². The van der Waals surface area contributed by atoms with Crippen molar-refractivity contribution >= 4 is 5.82 Å². The van der Waals surface area contributed by atoms with Crippen LogP contribution in [0.25, 0.3) is 0 Å². The fourth-order valence-electron chi connectivity index (χ4n) is 1.16. The van der Waals surface area contributed by atoms with Crippen LogP contribution in [0.3, 0.4) is 0 Å². The minimum absolute atomic E-state index is 0.988. The summed E-state index contributed by atoms with van der Waals surface area (Å²) in [5, 5.41) is 3.30. The fourth-order valence-corrected chi connectivity index (χ4v) is 1.16. The van der Waals surface area contributed by atoms with Gasteiger partial charge in [0.05, 0.1) is 0 Å². The van der Waals surface area contributed by atoms with Crippen molar-refractivity contribution in [3.8, 4) is 0 Å². The quantitative estimate of drug-likeness (QED) is 0.739. The molecular weight excluding hydrogens is 184 g/mol. The number of pyridine rings is 1. The van der Waals surface area contributed by atoms with Gasteiger partial charge in [0.15, 0.2) is 0 Å². The van der Waals surface area contributed by atoms with Gasteiger partial charge in [-0.15, -0.1) is 0 Å². The maximum atomic E-state index is 4.26. The maximum Gasteiger partial charge on any atom is 0.125 e. The molecule has 86 valence electrons. The van der Waals surface area contributed by atoms with Crippen molar-refractivity contribution in [3.05, 3.63) is 23.9 Å². The monoisotopic (exact) mass is 208 g/mol. The van der Waals surface area contributed by atoms with E-state index in [1.807, 2.05) is 33.0 Å². The molecule has 1 heterocycles. The molecule has 0 aliphatic rings. The van der Waals surface area contributed by atoms with Gasteiger partial charge in [-0.2, -0.15) is 0 Å². The highest BCUT2D eigenvalue weighted by molar-refractivity contribution is 5.34. The summed E-state index contributed by atoms with van der Waals surface area (Å²) < 4.78 is 0. The van der Waals surface area contributed by atoms with Crippen molar-refractivity contribution in [2.45, 2.75) is 47.0 Å². The Hall–Kier alpha value is -1.05. The first kappa shape index (κ1) is 13.9.